The maximum absolute atomic E-state index is 12.1. The lowest BCUT2D eigenvalue weighted by molar-refractivity contribution is 0.0644. The molecule has 0 bridgehead atoms. The first-order valence-electron chi connectivity index (χ1n) is 5.88. The van der Waals surface area contributed by atoms with Crippen LogP contribution in [-0.4, -0.2) is 42.9 Å². The Hall–Kier alpha value is -1.00. The number of amides is 1. The number of fused-ring (bicyclic) bond motifs is 1. The number of nitrogens with zero attached hydrogens (tertiary/aromatic N) is 1. The number of benzene rings is 1. The van der Waals surface area contributed by atoms with Crippen LogP contribution in [0.5, 0.6) is 0 Å². The van der Waals surface area contributed by atoms with E-state index in [1.807, 2.05) is 29.2 Å². The van der Waals surface area contributed by atoms with Gasteiger partial charge in [-0.3, -0.25) is 4.79 Å². The van der Waals surface area contributed by atoms with Crippen LogP contribution >= 0.6 is 12.6 Å². The first-order chi connectivity index (χ1) is 8.33. The molecule has 17 heavy (non-hydrogen) atoms. The predicted molar refractivity (Wildman–Crippen MR) is 70.7 cm³/mol. The fraction of sp³-hybridized carbons (Fsp3) is 0.462. The number of ether oxygens (including phenoxy) is 1. The minimum absolute atomic E-state index is 0.126. The maximum Gasteiger partial charge on any atom is 0.254 e. The molecular formula is C13H17NO2S. The summed E-state index contributed by atoms with van der Waals surface area (Å²) in [7, 11) is 0. The molecule has 1 aliphatic rings. The van der Waals surface area contributed by atoms with E-state index >= 15 is 0 Å². The van der Waals surface area contributed by atoms with Crippen molar-refractivity contribution >= 4 is 18.5 Å². The van der Waals surface area contributed by atoms with E-state index in [1.165, 1.54) is 0 Å². The fourth-order valence-electron chi connectivity index (χ4n) is 2.03. The topological polar surface area (TPSA) is 29.5 Å². The Labute approximate surface area is 107 Å². The number of carbonyl (C=O) groups is 1. The summed E-state index contributed by atoms with van der Waals surface area (Å²) < 4.78 is 5.35. The highest BCUT2D eigenvalue weighted by Crippen LogP contribution is 2.18. The molecule has 0 spiro atoms. The van der Waals surface area contributed by atoms with Gasteiger partial charge in [-0.1, -0.05) is 18.2 Å². The Kier molecular flexibility index (Phi) is 4.45. The molecule has 0 N–H and O–H groups in total. The number of carbonyl (C=O) groups excluding carboxylic acids is 1. The summed E-state index contributed by atoms with van der Waals surface area (Å²) >= 11 is 4.07. The molecule has 1 amide bonds. The van der Waals surface area contributed by atoms with E-state index in [1.54, 1.807) is 0 Å². The van der Waals surface area contributed by atoms with Gasteiger partial charge >= 0.3 is 0 Å². The van der Waals surface area contributed by atoms with Gasteiger partial charge in [-0.2, -0.15) is 12.6 Å². The summed E-state index contributed by atoms with van der Waals surface area (Å²) in [6.07, 6.45) is 0.939. The molecule has 0 radical (unpaired) electrons. The van der Waals surface area contributed by atoms with Crippen LogP contribution in [0.4, 0.5) is 0 Å². The van der Waals surface area contributed by atoms with Gasteiger partial charge in [0.05, 0.1) is 13.2 Å². The molecule has 1 aromatic rings. The molecule has 0 aromatic heterocycles. The first kappa shape index (κ1) is 12.5. The van der Waals surface area contributed by atoms with Crippen LogP contribution in [-0.2, 0) is 11.2 Å². The van der Waals surface area contributed by atoms with Crippen molar-refractivity contribution in [3.63, 3.8) is 0 Å². The largest absolute Gasteiger partial charge is 0.379 e. The molecule has 2 rings (SSSR count). The van der Waals surface area contributed by atoms with Crippen LogP contribution in [0.15, 0.2) is 24.3 Å². The van der Waals surface area contributed by atoms with Gasteiger partial charge in [0.1, 0.15) is 0 Å². The monoisotopic (exact) mass is 251 g/mol. The van der Waals surface area contributed by atoms with Gasteiger partial charge < -0.3 is 9.64 Å². The molecule has 92 valence electrons. The zero-order valence-corrected chi connectivity index (χ0v) is 10.7. The van der Waals surface area contributed by atoms with Crippen LogP contribution < -0.4 is 0 Å². The van der Waals surface area contributed by atoms with E-state index in [0.29, 0.717) is 19.8 Å². The molecule has 3 nitrogen and oxygen atoms in total. The normalized spacial score (nSPS) is 14.9. The second-order valence-corrected chi connectivity index (χ2v) is 4.48. The number of hydrogen-bond acceptors (Lipinski definition) is 3. The van der Waals surface area contributed by atoms with Crippen molar-refractivity contribution < 1.29 is 9.53 Å². The fourth-order valence-corrected chi connectivity index (χ4v) is 2.16. The number of hydrogen-bond donors (Lipinski definition) is 1. The Morgan fingerprint density at radius 1 is 1.29 bits per heavy atom. The SMILES string of the molecule is O=C1c2ccccc2CCN1CCOCCS. The number of rotatable bonds is 5. The Bertz CT molecular complexity index is 395. The lowest BCUT2D eigenvalue weighted by atomic mass is 9.99. The third-order valence-corrected chi connectivity index (χ3v) is 3.11. The van der Waals surface area contributed by atoms with E-state index in [4.69, 9.17) is 4.74 Å². The molecule has 0 saturated heterocycles. The van der Waals surface area contributed by atoms with Gasteiger partial charge in [-0.25, -0.2) is 0 Å². The van der Waals surface area contributed by atoms with Gasteiger partial charge in [0.15, 0.2) is 0 Å². The lowest BCUT2D eigenvalue weighted by Gasteiger charge is -2.28. The Morgan fingerprint density at radius 2 is 2.12 bits per heavy atom. The summed E-state index contributed by atoms with van der Waals surface area (Å²) in [4.78, 5) is 14.0. The molecule has 0 atom stereocenters. The van der Waals surface area contributed by atoms with Crippen molar-refractivity contribution in [2.75, 3.05) is 32.1 Å². The summed E-state index contributed by atoms with van der Waals surface area (Å²) in [6, 6.07) is 7.83. The van der Waals surface area contributed by atoms with E-state index in [0.717, 1.165) is 29.8 Å². The minimum atomic E-state index is 0.126. The zero-order valence-electron chi connectivity index (χ0n) is 9.76. The third-order valence-electron chi connectivity index (χ3n) is 2.93. The lowest BCUT2D eigenvalue weighted by Crippen LogP contribution is -2.39. The van der Waals surface area contributed by atoms with Crippen LogP contribution in [0.2, 0.25) is 0 Å². The van der Waals surface area contributed by atoms with Crippen molar-refractivity contribution in [3.05, 3.63) is 35.4 Å². The molecule has 1 heterocycles. The molecule has 1 aliphatic heterocycles. The van der Waals surface area contributed by atoms with E-state index < -0.39 is 0 Å². The van der Waals surface area contributed by atoms with Gasteiger partial charge in [0, 0.05) is 24.4 Å². The Balaban J connectivity index is 1.93. The predicted octanol–water partition coefficient (Wildman–Crippen LogP) is 1.63. The first-order valence-corrected chi connectivity index (χ1v) is 6.52. The third kappa shape index (κ3) is 3.01. The van der Waals surface area contributed by atoms with Gasteiger partial charge in [-0.05, 0) is 18.1 Å². The van der Waals surface area contributed by atoms with E-state index in [9.17, 15) is 4.79 Å². The van der Waals surface area contributed by atoms with Gasteiger partial charge in [0.2, 0.25) is 0 Å². The quantitative estimate of drug-likeness (QED) is 0.637. The molecule has 0 aliphatic carbocycles. The van der Waals surface area contributed by atoms with E-state index in [2.05, 4.69) is 12.6 Å². The van der Waals surface area contributed by atoms with Gasteiger partial charge in [0.25, 0.3) is 5.91 Å². The van der Waals surface area contributed by atoms with Crippen LogP contribution in [0.1, 0.15) is 15.9 Å². The molecule has 0 saturated carbocycles. The average Bonchev–Trinajstić information content (AvgIpc) is 2.37. The van der Waals surface area contributed by atoms with Gasteiger partial charge in [-0.15, -0.1) is 0 Å². The highest BCUT2D eigenvalue weighted by Gasteiger charge is 2.22. The highest BCUT2D eigenvalue weighted by atomic mass is 32.1. The molecule has 0 fully saturated rings. The van der Waals surface area contributed by atoms with Crippen molar-refractivity contribution in [2.45, 2.75) is 6.42 Å². The summed E-state index contributed by atoms with van der Waals surface area (Å²) in [5.74, 6) is 0.845. The molecule has 0 unspecified atom stereocenters. The van der Waals surface area contributed by atoms with Crippen molar-refractivity contribution in [3.8, 4) is 0 Å². The second-order valence-electron chi connectivity index (χ2n) is 4.04. The smallest absolute Gasteiger partial charge is 0.254 e. The highest BCUT2D eigenvalue weighted by molar-refractivity contribution is 7.80. The number of thiol groups is 1. The summed E-state index contributed by atoms with van der Waals surface area (Å²) in [6.45, 7) is 2.69. The van der Waals surface area contributed by atoms with E-state index in [-0.39, 0.29) is 5.91 Å². The Morgan fingerprint density at radius 3 is 2.94 bits per heavy atom. The van der Waals surface area contributed by atoms with Crippen LogP contribution in [0.3, 0.4) is 0 Å². The van der Waals surface area contributed by atoms with Crippen molar-refractivity contribution in [1.29, 1.82) is 0 Å². The molecular weight excluding hydrogens is 234 g/mol. The van der Waals surface area contributed by atoms with Crippen LogP contribution in [0, 0.1) is 0 Å². The van der Waals surface area contributed by atoms with Crippen LogP contribution in [0.25, 0.3) is 0 Å². The summed E-state index contributed by atoms with van der Waals surface area (Å²) in [5, 5.41) is 0. The minimum Gasteiger partial charge on any atom is -0.379 e. The standard InChI is InChI=1S/C13H17NO2S/c15-13-12-4-2-1-3-11(12)5-6-14(13)7-8-16-9-10-17/h1-4,17H,5-10H2. The molecule has 1 aromatic carbocycles. The maximum atomic E-state index is 12.1. The summed E-state index contributed by atoms with van der Waals surface area (Å²) in [5.41, 5.74) is 2.00. The zero-order chi connectivity index (χ0) is 12.1. The molecule has 4 heteroatoms. The van der Waals surface area contributed by atoms with Crippen molar-refractivity contribution in [2.24, 2.45) is 0 Å². The average molecular weight is 251 g/mol. The second kappa shape index (κ2) is 6.07. The van der Waals surface area contributed by atoms with Crippen molar-refractivity contribution in [1.82, 2.24) is 4.90 Å².